The van der Waals surface area contributed by atoms with Crippen LogP contribution in [-0.2, 0) is 0 Å². The average Bonchev–Trinajstić information content (AvgIpc) is 1.68. The Hall–Kier alpha value is 0.540. The van der Waals surface area contributed by atoms with Crippen LogP contribution < -0.4 is 0 Å². The molecule has 3 heteroatoms. The van der Waals surface area contributed by atoms with E-state index in [-0.39, 0.29) is 11.8 Å². The zero-order chi connectivity index (χ0) is 5.91. The fraction of sp³-hybridized carbons (Fsp3) is 1.00. The van der Waals surface area contributed by atoms with Gasteiger partial charge in [-0.05, 0) is 6.92 Å². The predicted molar refractivity (Wildman–Crippen MR) is 32.1 cm³/mol. The van der Waals surface area contributed by atoms with Gasteiger partial charge in [0.2, 0.25) is 0 Å². The summed E-state index contributed by atoms with van der Waals surface area (Å²) in [7, 11) is 0. The smallest absolute Gasteiger partial charge is 0.0889 e. The molecule has 7 heavy (non-hydrogen) atoms. The van der Waals surface area contributed by atoms with E-state index in [4.69, 9.17) is 28.3 Å². The Morgan fingerprint density at radius 3 is 1.71 bits per heavy atom. The van der Waals surface area contributed by atoms with E-state index in [2.05, 4.69) is 0 Å². The largest absolute Gasteiger partial charge is 0.388 e. The van der Waals surface area contributed by atoms with Crippen LogP contribution in [0.25, 0.3) is 0 Å². The summed E-state index contributed by atoms with van der Waals surface area (Å²) < 4.78 is 0. The van der Waals surface area contributed by atoms with Crippen molar-refractivity contribution in [2.75, 3.05) is 11.8 Å². The van der Waals surface area contributed by atoms with E-state index in [9.17, 15) is 0 Å². The molecule has 0 unspecified atom stereocenters. The lowest BCUT2D eigenvalue weighted by molar-refractivity contribution is 0.109. The van der Waals surface area contributed by atoms with Crippen molar-refractivity contribution in [1.29, 1.82) is 0 Å². The molecule has 0 saturated carbocycles. The van der Waals surface area contributed by atoms with Gasteiger partial charge >= 0.3 is 0 Å². The average molecular weight is 143 g/mol. The van der Waals surface area contributed by atoms with E-state index >= 15 is 0 Å². The highest BCUT2D eigenvalue weighted by Crippen LogP contribution is 2.06. The molecular formula is C4H8Cl2O. The molecule has 0 radical (unpaired) electrons. The summed E-state index contributed by atoms with van der Waals surface area (Å²) in [5.41, 5.74) is -0.886. The Bertz CT molecular complexity index is 47.7. The molecule has 0 bridgehead atoms. The lowest BCUT2D eigenvalue weighted by Crippen LogP contribution is -2.27. The third-order valence-electron chi connectivity index (χ3n) is 0.576. The van der Waals surface area contributed by atoms with Gasteiger partial charge in [0.05, 0.1) is 17.4 Å². The van der Waals surface area contributed by atoms with E-state index in [0.29, 0.717) is 0 Å². The number of rotatable bonds is 2. The van der Waals surface area contributed by atoms with Gasteiger partial charge < -0.3 is 5.11 Å². The Labute approximate surface area is 53.2 Å². The van der Waals surface area contributed by atoms with Crippen molar-refractivity contribution in [3.63, 3.8) is 0 Å². The number of hydrogen-bond donors (Lipinski definition) is 1. The summed E-state index contributed by atoms with van der Waals surface area (Å²) in [6, 6.07) is 0. The minimum atomic E-state index is -0.886. The molecule has 0 amide bonds. The van der Waals surface area contributed by atoms with Crippen LogP contribution in [0, 0.1) is 0 Å². The zero-order valence-corrected chi connectivity index (χ0v) is 5.63. The topological polar surface area (TPSA) is 20.2 Å². The summed E-state index contributed by atoms with van der Waals surface area (Å²) in [6.45, 7) is 1.59. The van der Waals surface area contributed by atoms with Crippen LogP contribution in [0.1, 0.15) is 6.92 Å². The molecule has 0 atom stereocenters. The van der Waals surface area contributed by atoms with Crippen LogP contribution >= 0.6 is 23.2 Å². The van der Waals surface area contributed by atoms with E-state index < -0.39 is 5.60 Å². The van der Waals surface area contributed by atoms with Crippen LogP contribution in [0.2, 0.25) is 0 Å². The summed E-state index contributed by atoms with van der Waals surface area (Å²) in [5, 5.41) is 8.87. The van der Waals surface area contributed by atoms with Crippen molar-refractivity contribution in [3.8, 4) is 0 Å². The summed E-state index contributed by atoms with van der Waals surface area (Å²) in [5.74, 6) is 0.382. The summed E-state index contributed by atoms with van der Waals surface area (Å²) in [4.78, 5) is 0. The van der Waals surface area contributed by atoms with Crippen LogP contribution in [-0.4, -0.2) is 22.5 Å². The molecule has 0 fully saturated rings. The molecule has 0 aliphatic heterocycles. The van der Waals surface area contributed by atoms with Crippen LogP contribution in [0.4, 0.5) is 0 Å². The molecule has 0 aromatic rings. The predicted octanol–water partition coefficient (Wildman–Crippen LogP) is 1.22. The molecule has 0 aromatic carbocycles. The number of halogens is 2. The number of aliphatic hydroxyl groups is 1. The summed E-state index contributed by atoms with van der Waals surface area (Å²) in [6.07, 6.45) is 0. The van der Waals surface area contributed by atoms with E-state index in [0.717, 1.165) is 0 Å². The molecule has 0 rings (SSSR count). The Kier molecular flexibility index (Phi) is 2.96. The number of alkyl halides is 2. The van der Waals surface area contributed by atoms with Crippen LogP contribution in [0.15, 0.2) is 0 Å². The maximum atomic E-state index is 8.87. The second kappa shape index (κ2) is 2.75. The Morgan fingerprint density at radius 1 is 1.43 bits per heavy atom. The molecular weight excluding hydrogens is 135 g/mol. The van der Waals surface area contributed by atoms with Gasteiger partial charge in [0.1, 0.15) is 0 Å². The molecule has 0 aromatic heterocycles. The van der Waals surface area contributed by atoms with Crippen molar-refractivity contribution in [2.45, 2.75) is 12.5 Å². The Morgan fingerprint density at radius 2 is 1.71 bits per heavy atom. The van der Waals surface area contributed by atoms with Gasteiger partial charge in [-0.3, -0.25) is 0 Å². The molecule has 44 valence electrons. The van der Waals surface area contributed by atoms with E-state index in [1.807, 2.05) is 0 Å². The second-order valence-corrected chi connectivity index (χ2v) is 2.30. The first kappa shape index (κ1) is 7.54. The Balaban J connectivity index is 3.36. The van der Waals surface area contributed by atoms with Gasteiger partial charge in [-0.1, -0.05) is 0 Å². The first-order valence-electron chi connectivity index (χ1n) is 1.97. The van der Waals surface area contributed by atoms with E-state index in [1.165, 1.54) is 0 Å². The quantitative estimate of drug-likeness (QED) is 0.576. The standard InChI is InChI=1S/C4H8Cl2O/c1-4(7,2-5)3-6/h7H,2-3H2,1H3. The van der Waals surface area contributed by atoms with Gasteiger partial charge in [-0.15, -0.1) is 23.2 Å². The second-order valence-electron chi connectivity index (χ2n) is 1.76. The minimum Gasteiger partial charge on any atom is -0.388 e. The first-order valence-corrected chi connectivity index (χ1v) is 3.03. The van der Waals surface area contributed by atoms with Crippen LogP contribution in [0.3, 0.4) is 0 Å². The van der Waals surface area contributed by atoms with Crippen molar-refractivity contribution < 1.29 is 5.11 Å². The highest BCUT2D eigenvalue weighted by atomic mass is 35.5. The molecule has 0 aliphatic carbocycles. The molecule has 0 heterocycles. The highest BCUT2D eigenvalue weighted by molar-refractivity contribution is 6.21. The first-order chi connectivity index (χ1) is 3.12. The third kappa shape index (κ3) is 3.15. The van der Waals surface area contributed by atoms with Crippen molar-refractivity contribution in [2.24, 2.45) is 0 Å². The SMILES string of the molecule is CC(O)(CCl)CCl. The summed E-state index contributed by atoms with van der Waals surface area (Å²) >= 11 is 10.5. The van der Waals surface area contributed by atoms with Gasteiger partial charge in [0.15, 0.2) is 0 Å². The van der Waals surface area contributed by atoms with E-state index in [1.54, 1.807) is 6.92 Å². The van der Waals surface area contributed by atoms with Gasteiger partial charge in [0, 0.05) is 0 Å². The third-order valence-corrected chi connectivity index (χ3v) is 1.73. The fourth-order valence-corrected chi connectivity index (χ4v) is 0.321. The molecule has 0 spiro atoms. The number of hydrogen-bond acceptors (Lipinski definition) is 1. The molecule has 1 nitrogen and oxygen atoms in total. The van der Waals surface area contributed by atoms with Gasteiger partial charge in [-0.2, -0.15) is 0 Å². The van der Waals surface area contributed by atoms with Crippen molar-refractivity contribution in [3.05, 3.63) is 0 Å². The van der Waals surface area contributed by atoms with Gasteiger partial charge in [-0.25, -0.2) is 0 Å². The highest BCUT2D eigenvalue weighted by Gasteiger charge is 2.15. The van der Waals surface area contributed by atoms with Gasteiger partial charge in [0.25, 0.3) is 0 Å². The maximum Gasteiger partial charge on any atom is 0.0889 e. The molecule has 0 aliphatic rings. The van der Waals surface area contributed by atoms with Crippen molar-refractivity contribution in [1.82, 2.24) is 0 Å². The lowest BCUT2D eigenvalue weighted by Gasteiger charge is -2.14. The zero-order valence-electron chi connectivity index (χ0n) is 4.12. The van der Waals surface area contributed by atoms with Crippen molar-refractivity contribution >= 4 is 23.2 Å². The normalized spacial score (nSPS) is 12.0. The maximum absolute atomic E-state index is 8.87. The lowest BCUT2D eigenvalue weighted by atomic mass is 10.2. The molecule has 0 saturated heterocycles. The molecule has 1 N–H and O–H groups in total. The fourth-order valence-electron chi connectivity index (χ4n) is 0.0357. The minimum absolute atomic E-state index is 0.191. The monoisotopic (exact) mass is 142 g/mol. The van der Waals surface area contributed by atoms with Crippen LogP contribution in [0.5, 0.6) is 0 Å².